The van der Waals surface area contributed by atoms with Gasteiger partial charge >= 0.3 is 0 Å². The van der Waals surface area contributed by atoms with Crippen molar-refractivity contribution in [1.82, 2.24) is 4.31 Å². The maximum Gasteiger partial charge on any atom is 0.271 e. The Morgan fingerprint density at radius 2 is 2.24 bits per heavy atom. The second-order valence-electron chi connectivity index (χ2n) is 4.22. The molecule has 1 aromatic rings. The quantitative estimate of drug-likeness (QED) is 0.606. The highest BCUT2D eigenvalue weighted by molar-refractivity contribution is 7.89. The summed E-state index contributed by atoms with van der Waals surface area (Å²) in [6.45, 7) is 0.0854. The minimum absolute atomic E-state index is 0.0911. The first-order chi connectivity index (χ1) is 9.86. The molecule has 0 amide bonds. The zero-order valence-corrected chi connectivity index (χ0v) is 12.2. The molecule has 21 heavy (non-hydrogen) atoms. The zero-order chi connectivity index (χ0) is 15.6. The van der Waals surface area contributed by atoms with Gasteiger partial charge in [0.1, 0.15) is 4.90 Å². The van der Waals surface area contributed by atoms with E-state index in [0.717, 1.165) is 22.5 Å². The molecule has 1 saturated heterocycles. The fraction of sp³-hybridized carbons (Fsp3) is 0.364. The number of ether oxygens (including phenoxy) is 1. The third-order valence-corrected chi connectivity index (χ3v) is 5.27. The van der Waals surface area contributed by atoms with E-state index < -0.39 is 21.1 Å². The smallest absolute Gasteiger partial charge is 0.271 e. The number of nitro groups is 1. The van der Waals surface area contributed by atoms with Crippen molar-refractivity contribution in [3.63, 3.8) is 0 Å². The molecule has 2 rings (SSSR count). The highest BCUT2D eigenvalue weighted by Crippen LogP contribution is 2.29. The number of halogens is 1. The van der Waals surface area contributed by atoms with Gasteiger partial charge in [0, 0.05) is 18.7 Å². The molecule has 8 nitrogen and oxygen atoms in total. The number of nitriles is 1. The van der Waals surface area contributed by atoms with Gasteiger partial charge in [-0.2, -0.15) is 9.57 Å². The Kier molecular flexibility index (Phi) is 4.43. The number of hydrogen-bond acceptors (Lipinski definition) is 6. The summed E-state index contributed by atoms with van der Waals surface area (Å²) in [5.74, 6) is 0. The number of nitro benzene ring substituents is 1. The van der Waals surface area contributed by atoms with Crippen molar-refractivity contribution in [2.24, 2.45) is 0 Å². The second-order valence-corrected chi connectivity index (χ2v) is 6.54. The predicted molar refractivity (Wildman–Crippen MR) is 72.2 cm³/mol. The van der Waals surface area contributed by atoms with Gasteiger partial charge in [-0.05, 0) is 6.07 Å². The number of morpholine rings is 1. The van der Waals surface area contributed by atoms with E-state index in [0.29, 0.717) is 0 Å². The van der Waals surface area contributed by atoms with Crippen molar-refractivity contribution in [2.75, 3.05) is 19.7 Å². The first-order valence-corrected chi connectivity index (χ1v) is 7.63. The second kappa shape index (κ2) is 5.95. The van der Waals surface area contributed by atoms with E-state index in [1.165, 1.54) is 0 Å². The molecule has 0 spiro atoms. The summed E-state index contributed by atoms with van der Waals surface area (Å²) in [4.78, 5) is 9.74. The van der Waals surface area contributed by atoms with Crippen LogP contribution < -0.4 is 0 Å². The van der Waals surface area contributed by atoms with Gasteiger partial charge in [0.2, 0.25) is 10.0 Å². The van der Waals surface area contributed by atoms with Crippen LogP contribution in [0.4, 0.5) is 5.69 Å². The van der Waals surface area contributed by atoms with Crippen LogP contribution >= 0.6 is 11.6 Å². The summed E-state index contributed by atoms with van der Waals surface area (Å²) in [5.41, 5.74) is -0.296. The Morgan fingerprint density at radius 1 is 1.52 bits per heavy atom. The summed E-state index contributed by atoms with van der Waals surface area (Å²) in [5, 5.41) is 19.2. The highest BCUT2D eigenvalue weighted by Gasteiger charge is 2.32. The van der Waals surface area contributed by atoms with E-state index in [4.69, 9.17) is 21.6 Å². The van der Waals surface area contributed by atoms with E-state index in [1.807, 2.05) is 6.07 Å². The molecule has 10 heteroatoms. The van der Waals surface area contributed by atoms with Crippen LogP contribution in [0.25, 0.3) is 0 Å². The van der Waals surface area contributed by atoms with Gasteiger partial charge < -0.3 is 4.74 Å². The minimum Gasteiger partial charge on any atom is -0.361 e. The van der Waals surface area contributed by atoms with Crippen molar-refractivity contribution < 1.29 is 18.1 Å². The van der Waals surface area contributed by atoms with Gasteiger partial charge in [0.15, 0.2) is 6.10 Å². The summed E-state index contributed by atoms with van der Waals surface area (Å²) in [6, 6.07) is 4.99. The van der Waals surface area contributed by atoms with Crippen LogP contribution in [-0.4, -0.2) is 43.4 Å². The molecule has 0 radical (unpaired) electrons. The molecular weight excluding hydrogens is 322 g/mol. The van der Waals surface area contributed by atoms with E-state index in [-0.39, 0.29) is 35.3 Å². The van der Waals surface area contributed by atoms with Crippen LogP contribution in [0.1, 0.15) is 0 Å². The molecule has 0 bridgehead atoms. The Bertz CT molecular complexity index is 715. The summed E-state index contributed by atoms with van der Waals surface area (Å²) < 4.78 is 31.1. The highest BCUT2D eigenvalue weighted by atomic mass is 35.5. The number of nitrogens with zero attached hydrogens (tertiary/aromatic N) is 3. The van der Waals surface area contributed by atoms with E-state index in [1.54, 1.807) is 0 Å². The van der Waals surface area contributed by atoms with Crippen LogP contribution in [0, 0.1) is 21.4 Å². The SMILES string of the molecule is N#CC1CN(S(=O)(=O)c2ccc([N+](=O)[O-])cc2Cl)CCO1. The van der Waals surface area contributed by atoms with Crippen molar-refractivity contribution in [1.29, 1.82) is 5.26 Å². The molecule has 1 fully saturated rings. The number of sulfonamides is 1. The maximum atomic E-state index is 12.5. The largest absolute Gasteiger partial charge is 0.361 e. The number of hydrogen-bond donors (Lipinski definition) is 0. The van der Waals surface area contributed by atoms with Gasteiger partial charge in [0.05, 0.1) is 29.2 Å². The first kappa shape index (κ1) is 15.7. The monoisotopic (exact) mass is 331 g/mol. The Hall–Kier alpha value is -1.73. The van der Waals surface area contributed by atoms with Crippen LogP contribution in [0.15, 0.2) is 23.1 Å². The van der Waals surface area contributed by atoms with Crippen molar-refractivity contribution in [3.05, 3.63) is 33.3 Å². The Labute approximate surface area is 125 Å². The molecule has 1 aliphatic rings. The third-order valence-electron chi connectivity index (χ3n) is 2.92. The lowest BCUT2D eigenvalue weighted by atomic mass is 10.3. The summed E-state index contributed by atoms with van der Waals surface area (Å²) in [6.07, 6.45) is -0.842. The summed E-state index contributed by atoms with van der Waals surface area (Å²) >= 11 is 5.84. The lowest BCUT2D eigenvalue weighted by Gasteiger charge is -2.29. The van der Waals surface area contributed by atoms with Crippen LogP contribution in [0.3, 0.4) is 0 Å². The fourth-order valence-electron chi connectivity index (χ4n) is 1.87. The van der Waals surface area contributed by atoms with Crippen molar-refractivity contribution in [2.45, 2.75) is 11.0 Å². The van der Waals surface area contributed by atoms with Gasteiger partial charge in [-0.15, -0.1) is 0 Å². The molecule has 0 saturated carbocycles. The molecular formula is C11H10ClN3O5S. The van der Waals surface area contributed by atoms with Crippen molar-refractivity contribution >= 4 is 27.3 Å². The first-order valence-electron chi connectivity index (χ1n) is 5.81. The summed E-state index contributed by atoms with van der Waals surface area (Å²) in [7, 11) is -3.93. The van der Waals surface area contributed by atoms with E-state index >= 15 is 0 Å². The molecule has 1 heterocycles. The fourth-order valence-corrected chi connectivity index (χ4v) is 3.81. The zero-order valence-electron chi connectivity index (χ0n) is 10.6. The molecule has 1 aromatic carbocycles. The molecule has 0 aliphatic carbocycles. The average Bonchev–Trinajstić information content (AvgIpc) is 2.46. The molecule has 1 atom stereocenters. The lowest BCUT2D eigenvalue weighted by Crippen LogP contribution is -2.45. The Balaban J connectivity index is 2.36. The number of benzene rings is 1. The normalized spacial score (nSPS) is 19.9. The van der Waals surface area contributed by atoms with Crippen molar-refractivity contribution in [3.8, 4) is 6.07 Å². The van der Waals surface area contributed by atoms with Gasteiger partial charge in [-0.1, -0.05) is 11.6 Å². The molecule has 112 valence electrons. The van der Waals surface area contributed by atoms with Crippen LogP contribution in [0.5, 0.6) is 0 Å². The Morgan fingerprint density at radius 3 is 2.81 bits per heavy atom. The molecule has 0 N–H and O–H groups in total. The number of rotatable bonds is 3. The van der Waals surface area contributed by atoms with E-state index in [2.05, 4.69) is 0 Å². The minimum atomic E-state index is -3.93. The maximum absolute atomic E-state index is 12.5. The van der Waals surface area contributed by atoms with Crippen LogP contribution in [0.2, 0.25) is 5.02 Å². The average molecular weight is 332 g/mol. The molecule has 1 aliphatic heterocycles. The van der Waals surface area contributed by atoms with Gasteiger partial charge in [-0.25, -0.2) is 8.42 Å². The molecule has 1 unspecified atom stereocenters. The van der Waals surface area contributed by atoms with Gasteiger partial charge in [0.25, 0.3) is 5.69 Å². The van der Waals surface area contributed by atoms with Crippen LogP contribution in [-0.2, 0) is 14.8 Å². The predicted octanol–water partition coefficient (Wildman–Crippen LogP) is 1.16. The number of non-ortho nitro benzene ring substituents is 1. The lowest BCUT2D eigenvalue weighted by molar-refractivity contribution is -0.384. The third kappa shape index (κ3) is 3.14. The molecule has 0 aromatic heterocycles. The topological polar surface area (TPSA) is 114 Å². The van der Waals surface area contributed by atoms with E-state index in [9.17, 15) is 18.5 Å². The standard InChI is InChI=1S/C11H10ClN3O5S/c12-10-5-8(15(16)17)1-2-11(10)21(18,19)14-3-4-20-9(6-13)7-14/h1-2,5,9H,3-4,7H2. The van der Waals surface area contributed by atoms with Gasteiger partial charge in [-0.3, -0.25) is 10.1 Å².